The lowest BCUT2D eigenvalue weighted by atomic mass is 10.2. The van der Waals surface area contributed by atoms with Crippen LogP contribution in [0.25, 0.3) is 0 Å². The predicted octanol–water partition coefficient (Wildman–Crippen LogP) is 4.59. The molecule has 0 radical (unpaired) electrons. The highest BCUT2D eigenvalue weighted by molar-refractivity contribution is 7.11. The molecule has 0 amide bonds. The summed E-state index contributed by atoms with van der Waals surface area (Å²) in [6, 6.07) is 4.26. The topological polar surface area (TPSA) is 34.1 Å². The molecule has 1 aliphatic rings. The normalized spacial score (nSPS) is 14.4. The number of nitrogens with one attached hydrogen (secondary N) is 1. The Kier molecular flexibility index (Phi) is 4.69. The lowest BCUT2D eigenvalue weighted by Gasteiger charge is -2.14. The summed E-state index contributed by atoms with van der Waals surface area (Å²) in [4.78, 5) is 5.31. The van der Waals surface area contributed by atoms with Crippen LogP contribution < -0.4 is 10.1 Å². The van der Waals surface area contributed by atoms with Crippen LogP contribution in [0.1, 0.15) is 28.3 Å². The Labute approximate surface area is 138 Å². The maximum Gasteiger partial charge on any atom is 0.143 e. The molecule has 21 heavy (non-hydrogen) atoms. The fourth-order valence-electron chi connectivity index (χ4n) is 2.06. The van der Waals surface area contributed by atoms with E-state index in [0.29, 0.717) is 28.4 Å². The predicted molar refractivity (Wildman–Crippen MR) is 87.5 cm³/mol. The summed E-state index contributed by atoms with van der Waals surface area (Å²) in [6.45, 7) is 3.18. The first-order valence-electron chi connectivity index (χ1n) is 6.87. The molecule has 0 saturated heterocycles. The summed E-state index contributed by atoms with van der Waals surface area (Å²) in [6.07, 6.45) is 4.32. The second-order valence-corrected chi connectivity index (χ2v) is 7.33. The number of thiazole rings is 1. The van der Waals surface area contributed by atoms with Crippen molar-refractivity contribution in [1.29, 1.82) is 0 Å². The van der Waals surface area contributed by atoms with Gasteiger partial charge in [0.25, 0.3) is 0 Å². The molecule has 2 aromatic rings. The molecule has 0 spiro atoms. The number of aryl methyl sites for hydroxylation is 1. The second-order valence-electron chi connectivity index (χ2n) is 5.17. The summed E-state index contributed by atoms with van der Waals surface area (Å²) >= 11 is 14.0. The molecule has 3 rings (SSSR count). The molecule has 0 bridgehead atoms. The van der Waals surface area contributed by atoms with Crippen molar-refractivity contribution in [1.82, 2.24) is 10.3 Å². The third-order valence-electron chi connectivity index (χ3n) is 3.27. The van der Waals surface area contributed by atoms with E-state index in [1.54, 1.807) is 17.4 Å². The molecule has 112 valence electrons. The monoisotopic (exact) mass is 342 g/mol. The number of hydrogen-bond donors (Lipinski definition) is 1. The van der Waals surface area contributed by atoms with Gasteiger partial charge in [-0.3, -0.25) is 0 Å². The van der Waals surface area contributed by atoms with Crippen LogP contribution in [0.2, 0.25) is 10.0 Å². The molecule has 0 aliphatic heterocycles. The highest BCUT2D eigenvalue weighted by Gasteiger charge is 2.21. The minimum atomic E-state index is 0.475. The Morgan fingerprint density at radius 2 is 2.19 bits per heavy atom. The van der Waals surface area contributed by atoms with Crippen molar-refractivity contribution in [3.05, 3.63) is 43.8 Å². The average Bonchev–Trinajstić information content (AvgIpc) is 3.17. The fraction of sp³-hybridized carbons (Fsp3) is 0.400. The molecule has 6 heteroatoms. The smallest absolute Gasteiger partial charge is 0.143 e. The minimum Gasteiger partial charge on any atom is -0.486 e. The first-order chi connectivity index (χ1) is 10.1. The second kappa shape index (κ2) is 6.53. The van der Waals surface area contributed by atoms with Crippen LogP contribution in [0.3, 0.4) is 0 Å². The van der Waals surface area contributed by atoms with Crippen molar-refractivity contribution in [2.75, 3.05) is 0 Å². The van der Waals surface area contributed by atoms with Crippen LogP contribution >= 0.6 is 34.5 Å². The van der Waals surface area contributed by atoms with Crippen LogP contribution in [0.15, 0.2) is 18.3 Å². The van der Waals surface area contributed by atoms with E-state index in [0.717, 1.165) is 22.0 Å². The first-order valence-corrected chi connectivity index (χ1v) is 8.44. The highest BCUT2D eigenvalue weighted by Crippen LogP contribution is 2.34. The first kappa shape index (κ1) is 15.1. The van der Waals surface area contributed by atoms with Gasteiger partial charge in [0, 0.05) is 29.4 Å². The van der Waals surface area contributed by atoms with Gasteiger partial charge in [0.1, 0.15) is 12.4 Å². The number of hydrogen-bond acceptors (Lipinski definition) is 4. The summed E-state index contributed by atoms with van der Waals surface area (Å²) in [5.41, 5.74) is 1.00. The van der Waals surface area contributed by atoms with Gasteiger partial charge in [-0.25, -0.2) is 4.98 Å². The minimum absolute atomic E-state index is 0.475. The van der Waals surface area contributed by atoms with Crippen LogP contribution in [0.4, 0.5) is 0 Å². The Morgan fingerprint density at radius 3 is 2.86 bits per heavy atom. The van der Waals surface area contributed by atoms with E-state index < -0.39 is 0 Å². The summed E-state index contributed by atoms with van der Waals surface area (Å²) < 4.78 is 5.91. The van der Waals surface area contributed by atoms with Crippen molar-refractivity contribution in [2.45, 2.75) is 39.0 Å². The lowest BCUT2D eigenvalue weighted by Crippen LogP contribution is -2.16. The van der Waals surface area contributed by atoms with Crippen molar-refractivity contribution < 1.29 is 4.74 Å². The molecule has 1 aromatic carbocycles. The Balaban J connectivity index is 1.74. The highest BCUT2D eigenvalue weighted by atomic mass is 35.5. The number of ether oxygens (including phenoxy) is 1. The van der Waals surface area contributed by atoms with E-state index in [-0.39, 0.29) is 0 Å². The van der Waals surface area contributed by atoms with Crippen LogP contribution in [-0.2, 0) is 13.2 Å². The van der Waals surface area contributed by atoms with Gasteiger partial charge in [-0.05, 0) is 31.9 Å². The van der Waals surface area contributed by atoms with Crippen LogP contribution in [-0.4, -0.2) is 11.0 Å². The molecule has 1 saturated carbocycles. The quantitative estimate of drug-likeness (QED) is 0.833. The third kappa shape index (κ3) is 4.10. The van der Waals surface area contributed by atoms with Gasteiger partial charge in [-0.2, -0.15) is 0 Å². The number of aromatic nitrogens is 1. The Bertz CT molecular complexity index is 641. The number of benzene rings is 1. The SMILES string of the molecule is Cc1ncc(COc2c(Cl)cc(Cl)cc2CNC2CC2)s1. The van der Waals surface area contributed by atoms with Gasteiger partial charge in [-0.1, -0.05) is 23.2 Å². The van der Waals surface area contributed by atoms with Crippen LogP contribution in [0, 0.1) is 6.92 Å². The molecule has 3 nitrogen and oxygen atoms in total. The van der Waals surface area contributed by atoms with Gasteiger partial charge >= 0.3 is 0 Å². The van der Waals surface area contributed by atoms with Crippen LogP contribution in [0.5, 0.6) is 5.75 Å². The molecule has 1 N–H and O–H groups in total. The summed E-state index contributed by atoms with van der Waals surface area (Å²) in [5.74, 6) is 0.709. The van der Waals surface area contributed by atoms with E-state index >= 15 is 0 Å². The van der Waals surface area contributed by atoms with Crippen molar-refractivity contribution in [3.8, 4) is 5.75 Å². The zero-order valence-electron chi connectivity index (χ0n) is 11.7. The van der Waals surface area contributed by atoms with Gasteiger partial charge in [0.05, 0.1) is 14.9 Å². The largest absolute Gasteiger partial charge is 0.486 e. The van der Waals surface area contributed by atoms with E-state index in [4.69, 9.17) is 27.9 Å². The zero-order chi connectivity index (χ0) is 14.8. The van der Waals surface area contributed by atoms with Gasteiger partial charge in [-0.15, -0.1) is 11.3 Å². The van der Waals surface area contributed by atoms with Gasteiger partial charge in [0.2, 0.25) is 0 Å². The molecule has 1 fully saturated rings. The Hall–Kier alpha value is -0.810. The number of nitrogens with zero attached hydrogens (tertiary/aromatic N) is 1. The molecule has 1 heterocycles. The molecular formula is C15H16Cl2N2OS. The zero-order valence-corrected chi connectivity index (χ0v) is 14.0. The maximum atomic E-state index is 6.29. The fourth-order valence-corrected chi connectivity index (χ4v) is 3.36. The molecule has 1 aliphatic carbocycles. The van der Waals surface area contributed by atoms with Crippen molar-refractivity contribution in [2.24, 2.45) is 0 Å². The maximum absolute atomic E-state index is 6.29. The summed E-state index contributed by atoms with van der Waals surface area (Å²) in [7, 11) is 0. The molecular weight excluding hydrogens is 327 g/mol. The number of rotatable bonds is 6. The number of halogens is 2. The lowest BCUT2D eigenvalue weighted by molar-refractivity contribution is 0.305. The summed E-state index contributed by atoms with van der Waals surface area (Å²) in [5, 5.41) is 5.68. The van der Waals surface area contributed by atoms with E-state index in [1.165, 1.54) is 12.8 Å². The third-order valence-corrected chi connectivity index (χ3v) is 4.66. The van der Waals surface area contributed by atoms with Gasteiger partial charge < -0.3 is 10.1 Å². The Morgan fingerprint density at radius 1 is 1.38 bits per heavy atom. The molecule has 0 atom stereocenters. The van der Waals surface area contributed by atoms with E-state index in [9.17, 15) is 0 Å². The van der Waals surface area contributed by atoms with E-state index in [2.05, 4.69) is 10.3 Å². The average molecular weight is 343 g/mol. The van der Waals surface area contributed by atoms with Gasteiger partial charge in [0.15, 0.2) is 0 Å². The van der Waals surface area contributed by atoms with Crippen molar-refractivity contribution in [3.63, 3.8) is 0 Å². The van der Waals surface area contributed by atoms with Crippen molar-refractivity contribution >= 4 is 34.5 Å². The molecule has 1 aromatic heterocycles. The molecule has 0 unspecified atom stereocenters. The standard InChI is InChI=1S/C15H16Cl2N2OS/c1-9-18-7-13(21-9)8-20-15-10(6-19-12-2-3-12)4-11(16)5-14(15)17/h4-5,7,12,19H,2-3,6,8H2,1H3. The van der Waals surface area contributed by atoms with E-state index in [1.807, 2.05) is 19.2 Å².